The lowest BCUT2D eigenvalue weighted by Crippen LogP contribution is -2.15. The lowest BCUT2D eigenvalue weighted by atomic mass is 10.1. The number of alkyl halides is 2. The summed E-state index contributed by atoms with van der Waals surface area (Å²) < 4.78 is 19.6. The summed E-state index contributed by atoms with van der Waals surface area (Å²) in [6.07, 6.45) is 3.35. The van der Waals surface area contributed by atoms with Gasteiger partial charge in [0, 0.05) is 6.42 Å². The van der Waals surface area contributed by atoms with Gasteiger partial charge in [0.15, 0.2) is 5.01 Å². The molecule has 23 heavy (non-hydrogen) atoms. The van der Waals surface area contributed by atoms with Crippen molar-refractivity contribution in [3.63, 3.8) is 0 Å². The van der Waals surface area contributed by atoms with E-state index in [1.807, 2.05) is 42.5 Å². The summed E-state index contributed by atoms with van der Waals surface area (Å²) in [7, 11) is 0. The van der Waals surface area contributed by atoms with Crippen molar-refractivity contribution in [3.05, 3.63) is 54.6 Å². The minimum atomic E-state index is -0.811. The molecular formula is C20H24BrFO. The zero-order chi connectivity index (χ0) is 16.5. The van der Waals surface area contributed by atoms with Crippen molar-refractivity contribution in [2.45, 2.75) is 50.2 Å². The van der Waals surface area contributed by atoms with Gasteiger partial charge in [-0.25, -0.2) is 4.39 Å². The largest absolute Gasteiger partial charge is 0.479 e. The van der Waals surface area contributed by atoms with E-state index in [-0.39, 0.29) is 5.01 Å². The average Bonchev–Trinajstić information content (AvgIpc) is 2.56. The molecule has 1 nitrogen and oxygen atoms in total. The fraction of sp³-hybridized carbons (Fsp3) is 0.400. The minimum absolute atomic E-state index is 0.290. The highest BCUT2D eigenvalue weighted by atomic mass is 79.9. The normalized spacial score (nSPS) is 13.5. The molecule has 0 bridgehead atoms. The highest BCUT2D eigenvalue weighted by Crippen LogP contribution is 2.25. The monoisotopic (exact) mass is 378 g/mol. The maximum Gasteiger partial charge on any atom is 0.156 e. The van der Waals surface area contributed by atoms with Crippen LogP contribution in [0.25, 0.3) is 11.1 Å². The maximum atomic E-state index is 13.9. The number of hydrogen-bond donors (Lipinski definition) is 0. The Morgan fingerprint density at radius 2 is 1.61 bits per heavy atom. The fourth-order valence-electron chi connectivity index (χ4n) is 2.49. The average molecular weight is 379 g/mol. The summed E-state index contributed by atoms with van der Waals surface area (Å²) in [5.74, 6) is 0.757. The Morgan fingerprint density at radius 1 is 0.957 bits per heavy atom. The van der Waals surface area contributed by atoms with Crippen LogP contribution in [0.1, 0.15) is 39.0 Å². The molecule has 0 spiro atoms. The first-order valence-corrected chi connectivity index (χ1v) is 9.21. The van der Waals surface area contributed by atoms with Crippen LogP contribution in [0, 0.1) is 0 Å². The Labute approximate surface area is 147 Å². The molecule has 0 aromatic heterocycles. The zero-order valence-corrected chi connectivity index (χ0v) is 15.1. The predicted molar refractivity (Wildman–Crippen MR) is 98.9 cm³/mol. The minimum Gasteiger partial charge on any atom is -0.479 e. The highest BCUT2D eigenvalue weighted by Gasteiger charge is 2.14. The Morgan fingerprint density at radius 3 is 2.26 bits per heavy atom. The molecule has 0 N–H and O–H groups in total. The second kappa shape index (κ2) is 9.71. The molecule has 2 aromatic carbocycles. The van der Waals surface area contributed by atoms with Gasteiger partial charge in [-0.05, 0) is 45.6 Å². The maximum absolute atomic E-state index is 13.9. The molecule has 0 aliphatic rings. The van der Waals surface area contributed by atoms with Gasteiger partial charge in [-0.1, -0.05) is 68.7 Å². The van der Waals surface area contributed by atoms with E-state index in [0.717, 1.165) is 30.6 Å². The van der Waals surface area contributed by atoms with Crippen LogP contribution in [0.5, 0.6) is 5.75 Å². The highest BCUT2D eigenvalue weighted by molar-refractivity contribution is 9.09. The quantitative estimate of drug-likeness (QED) is 0.345. The first-order valence-electron chi connectivity index (χ1n) is 8.29. The summed E-state index contributed by atoms with van der Waals surface area (Å²) in [5, 5.41) is -0.290. The molecule has 0 heterocycles. The molecule has 2 rings (SSSR count). The van der Waals surface area contributed by atoms with Crippen LogP contribution >= 0.6 is 15.9 Å². The summed E-state index contributed by atoms with van der Waals surface area (Å²) in [4.78, 5) is 0. The Balaban J connectivity index is 1.83. The third-order valence-electron chi connectivity index (χ3n) is 3.79. The van der Waals surface area contributed by atoms with Crippen molar-refractivity contribution in [3.8, 4) is 16.9 Å². The first-order chi connectivity index (χ1) is 11.2. The first kappa shape index (κ1) is 18.0. The molecule has 2 atom stereocenters. The number of hydrogen-bond acceptors (Lipinski definition) is 1. The number of halogens is 2. The number of unbranched alkanes of at least 4 members (excludes halogenated alkanes) is 2. The van der Waals surface area contributed by atoms with Crippen molar-refractivity contribution >= 4 is 15.9 Å². The van der Waals surface area contributed by atoms with Gasteiger partial charge >= 0.3 is 0 Å². The molecule has 124 valence electrons. The van der Waals surface area contributed by atoms with Crippen molar-refractivity contribution in [2.75, 3.05) is 0 Å². The van der Waals surface area contributed by atoms with E-state index in [9.17, 15) is 4.39 Å². The lowest BCUT2D eigenvalue weighted by molar-refractivity contribution is 0.206. The van der Waals surface area contributed by atoms with Gasteiger partial charge in [-0.2, -0.15) is 0 Å². The molecular weight excluding hydrogens is 355 g/mol. The number of rotatable bonds is 9. The van der Waals surface area contributed by atoms with Crippen LogP contribution < -0.4 is 4.74 Å². The molecule has 0 saturated heterocycles. The van der Waals surface area contributed by atoms with Gasteiger partial charge < -0.3 is 4.74 Å². The topological polar surface area (TPSA) is 9.23 Å². The Bertz CT molecular complexity index is 556. The van der Waals surface area contributed by atoms with Crippen LogP contribution in [0.2, 0.25) is 0 Å². The van der Waals surface area contributed by atoms with E-state index >= 15 is 0 Å². The summed E-state index contributed by atoms with van der Waals surface area (Å²) >= 11 is 3.43. The van der Waals surface area contributed by atoms with Crippen LogP contribution in [0.15, 0.2) is 54.6 Å². The van der Waals surface area contributed by atoms with Gasteiger partial charge in [-0.15, -0.1) is 0 Å². The van der Waals surface area contributed by atoms with Crippen molar-refractivity contribution in [1.82, 2.24) is 0 Å². The van der Waals surface area contributed by atoms with Gasteiger partial charge in [0.2, 0.25) is 0 Å². The SMILES string of the molecule is CCCCCC(F)CC(Br)Oc1ccc(-c2ccccc2)cc1. The van der Waals surface area contributed by atoms with E-state index in [2.05, 4.69) is 35.0 Å². The fourth-order valence-corrected chi connectivity index (χ4v) is 3.11. The van der Waals surface area contributed by atoms with Crippen molar-refractivity contribution < 1.29 is 9.13 Å². The van der Waals surface area contributed by atoms with E-state index < -0.39 is 6.17 Å². The molecule has 0 aliphatic carbocycles. The summed E-state index contributed by atoms with van der Waals surface area (Å²) in [6.45, 7) is 2.13. The second-order valence-corrected chi connectivity index (χ2v) is 6.77. The van der Waals surface area contributed by atoms with Crippen LogP contribution in [-0.4, -0.2) is 11.2 Å². The van der Waals surface area contributed by atoms with Crippen LogP contribution in [-0.2, 0) is 0 Å². The Kier molecular flexibility index (Phi) is 7.60. The number of benzene rings is 2. The van der Waals surface area contributed by atoms with E-state index in [1.165, 1.54) is 5.56 Å². The van der Waals surface area contributed by atoms with E-state index in [0.29, 0.717) is 12.8 Å². The molecule has 0 radical (unpaired) electrons. The van der Waals surface area contributed by atoms with E-state index in [4.69, 9.17) is 4.74 Å². The van der Waals surface area contributed by atoms with Gasteiger partial charge in [0.05, 0.1) is 0 Å². The summed E-state index contributed by atoms with van der Waals surface area (Å²) in [5.41, 5.74) is 2.32. The standard InChI is InChI=1S/C20H24BrFO/c1-2-3-5-10-18(22)15-20(21)23-19-13-11-17(12-14-19)16-8-6-4-7-9-16/h4,6-9,11-14,18,20H,2-3,5,10,15H2,1H3. The molecule has 0 fully saturated rings. The van der Waals surface area contributed by atoms with Crippen molar-refractivity contribution in [1.29, 1.82) is 0 Å². The van der Waals surface area contributed by atoms with E-state index in [1.54, 1.807) is 0 Å². The smallest absolute Gasteiger partial charge is 0.156 e. The molecule has 0 amide bonds. The molecule has 0 saturated carbocycles. The second-order valence-electron chi connectivity index (χ2n) is 5.75. The number of ether oxygens (including phenoxy) is 1. The van der Waals surface area contributed by atoms with Gasteiger partial charge in [0.1, 0.15) is 11.9 Å². The Hall–Kier alpha value is -1.35. The molecule has 0 aliphatic heterocycles. The predicted octanol–water partition coefficient (Wildman–Crippen LogP) is 6.76. The third-order valence-corrected chi connectivity index (χ3v) is 4.35. The van der Waals surface area contributed by atoms with Crippen molar-refractivity contribution in [2.24, 2.45) is 0 Å². The van der Waals surface area contributed by atoms with Crippen LogP contribution in [0.3, 0.4) is 0 Å². The third kappa shape index (κ3) is 6.34. The molecule has 3 heteroatoms. The zero-order valence-electron chi connectivity index (χ0n) is 13.6. The van der Waals surface area contributed by atoms with Gasteiger partial charge in [-0.3, -0.25) is 0 Å². The molecule has 2 unspecified atom stereocenters. The van der Waals surface area contributed by atoms with Gasteiger partial charge in [0.25, 0.3) is 0 Å². The molecule has 2 aromatic rings. The van der Waals surface area contributed by atoms with Crippen LogP contribution in [0.4, 0.5) is 4.39 Å². The lowest BCUT2D eigenvalue weighted by Gasteiger charge is -2.16. The summed E-state index contributed by atoms with van der Waals surface area (Å²) in [6, 6.07) is 18.1.